The van der Waals surface area contributed by atoms with Crippen LogP contribution in [0.15, 0.2) is 54.9 Å². The van der Waals surface area contributed by atoms with Gasteiger partial charge in [0.25, 0.3) is 11.7 Å². The summed E-state index contributed by atoms with van der Waals surface area (Å²) in [5.41, 5.74) is 4.81. The molecule has 1 amide bonds. The Morgan fingerprint density at radius 2 is 1.76 bits per heavy atom. The molecule has 0 aliphatic carbocycles. The van der Waals surface area contributed by atoms with E-state index in [0.29, 0.717) is 5.78 Å². The van der Waals surface area contributed by atoms with Crippen molar-refractivity contribution in [2.75, 3.05) is 42.9 Å². The summed E-state index contributed by atoms with van der Waals surface area (Å²) < 4.78 is 1.60. The second-order valence-corrected chi connectivity index (χ2v) is 8.59. The monoisotopic (exact) mass is 456 g/mol. The van der Waals surface area contributed by atoms with E-state index in [1.54, 1.807) is 4.52 Å². The average molecular weight is 457 g/mol. The number of hydrogen-bond acceptors (Lipinski definition) is 7. The number of carbonyl (C=O) groups is 1. The van der Waals surface area contributed by atoms with Crippen LogP contribution in [0, 0.1) is 13.8 Å². The van der Waals surface area contributed by atoms with Crippen molar-refractivity contribution in [1.29, 1.82) is 0 Å². The lowest BCUT2D eigenvalue weighted by Gasteiger charge is -2.37. The van der Waals surface area contributed by atoms with E-state index in [1.807, 2.05) is 50.5 Å². The van der Waals surface area contributed by atoms with Crippen molar-refractivity contribution in [2.24, 2.45) is 0 Å². The Labute approximate surface area is 198 Å². The van der Waals surface area contributed by atoms with Gasteiger partial charge in [-0.05, 0) is 56.2 Å². The van der Waals surface area contributed by atoms with Crippen molar-refractivity contribution in [3.05, 3.63) is 77.6 Å². The van der Waals surface area contributed by atoms with Crippen LogP contribution in [0.2, 0.25) is 0 Å². The molecule has 9 nitrogen and oxygen atoms in total. The lowest BCUT2D eigenvalue weighted by Crippen LogP contribution is -2.47. The molecule has 1 fully saturated rings. The molecule has 1 N–H and O–H groups in total. The van der Waals surface area contributed by atoms with Crippen LogP contribution in [0.3, 0.4) is 0 Å². The largest absolute Gasteiger partial charge is 0.367 e. The standard InChI is InChI=1S/C25H28N8O/c1-18-17-19(2)33-25(27-18)29-23(30-33)24(34)28-21-5-3-4-6-22(21)32-15-13-31(14-16-32)12-9-20-7-10-26-11-8-20/h3-8,10-11,17H,9,12-16H2,1-2H3,(H,28,34). The fraction of sp³-hybridized carbons (Fsp3) is 0.320. The van der Waals surface area contributed by atoms with Crippen LogP contribution in [0.5, 0.6) is 0 Å². The van der Waals surface area contributed by atoms with E-state index < -0.39 is 0 Å². The number of aryl methyl sites for hydroxylation is 2. The Hall–Kier alpha value is -3.85. The third kappa shape index (κ3) is 4.74. The number of nitrogens with zero attached hydrogens (tertiary/aromatic N) is 7. The van der Waals surface area contributed by atoms with Crippen molar-refractivity contribution in [1.82, 2.24) is 29.5 Å². The minimum absolute atomic E-state index is 0.108. The fourth-order valence-corrected chi connectivity index (χ4v) is 4.34. The van der Waals surface area contributed by atoms with Gasteiger partial charge in [-0.1, -0.05) is 12.1 Å². The molecule has 174 valence electrons. The van der Waals surface area contributed by atoms with Crippen LogP contribution in [-0.4, -0.2) is 68.1 Å². The van der Waals surface area contributed by atoms with Crippen molar-refractivity contribution in [3.8, 4) is 0 Å². The number of anilines is 2. The highest BCUT2D eigenvalue weighted by Crippen LogP contribution is 2.27. The molecule has 4 aromatic rings. The minimum atomic E-state index is -0.342. The average Bonchev–Trinajstić information content (AvgIpc) is 3.29. The van der Waals surface area contributed by atoms with Gasteiger partial charge in [-0.25, -0.2) is 9.50 Å². The number of piperazine rings is 1. The van der Waals surface area contributed by atoms with Crippen molar-refractivity contribution in [2.45, 2.75) is 20.3 Å². The van der Waals surface area contributed by atoms with Crippen LogP contribution < -0.4 is 10.2 Å². The normalized spacial score (nSPS) is 14.5. The molecule has 1 aromatic carbocycles. The Bertz CT molecular complexity index is 1300. The molecule has 3 aromatic heterocycles. The molecule has 4 heterocycles. The van der Waals surface area contributed by atoms with Crippen LogP contribution in [0.4, 0.5) is 11.4 Å². The molecule has 0 bridgehead atoms. The summed E-state index contributed by atoms with van der Waals surface area (Å²) in [4.78, 5) is 30.6. The molecule has 5 rings (SSSR count). The number of fused-ring (bicyclic) bond motifs is 1. The van der Waals surface area contributed by atoms with Gasteiger partial charge in [0.15, 0.2) is 0 Å². The summed E-state index contributed by atoms with van der Waals surface area (Å²) >= 11 is 0. The molecule has 34 heavy (non-hydrogen) atoms. The van der Waals surface area contributed by atoms with Crippen LogP contribution in [0.25, 0.3) is 5.78 Å². The number of carbonyl (C=O) groups excluding carboxylic acids is 1. The van der Waals surface area contributed by atoms with E-state index in [1.165, 1.54) is 5.56 Å². The third-order valence-electron chi connectivity index (χ3n) is 6.15. The number of nitrogens with one attached hydrogen (secondary N) is 1. The molecular formula is C25H28N8O. The number of rotatable bonds is 6. The summed E-state index contributed by atoms with van der Waals surface area (Å²) in [6.45, 7) is 8.61. The number of pyridine rings is 1. The fourth-order valence-electron chi connectivity index (χ4n) is 4.34. The molecular weight excluding hydrogens is 428 g/mol. The van der Waals surface area contributed by atoms with Gasteiger partial charge in [0.05, 0.1) is 11.4 Å². The van der Waals surface area contributed by atoms with Crippen LogP contribution in [-0.2, 0) is 6.42 Å². The predicted molar refractivity (Wildman–Crippen MR) is 131 cm³/mol. The van der Waals surface area contributed by atoms with Gasteiger partial charge >= 0.3 is 0 Å². The van der Waals surface area contributed by atoms with Gasteiger partial charge in [0, 0.05) is 56.5 Å². The van der Waals surface area contributed by atoms with Gasteiger partial charge in [-0.2, -0.15) is 4.98 Å². The van der Waals surface area contributed by atoms with Crippen molar-refractivity contribution < 1.29 is 4.79 Å². The van der Waals surface area contributed by atoms with Crippen molar-refractivity contribution >= 4 is 23.1 Å². The first-order valence-electron chi connectivity index (χ1n) is 11.5. The van der Waals surface area contributed by atoms with Gasteiger partial charge < -0.3 is 10.2 Å². The summed E-state index contributed by atoms with van der Waals surface area (Å²) in [6, 6.07) is 14.0. The smallest absolute Gasteiger partial charge is 0.295 e. The number of amides is 1. The zero-order valence-corrected chi connectivity index (χ0v) is 19.5. The zero-order valence-electron chi connectivity index (χ0n) is 19.5. The van der Waals surface area contributed by atoms with E-state index in [4.69, 9.17) is 0 Å². The zero-order chi connectivity index (χ0) is 23.5. The molecule has 0 spiro atoms. The van der Waals surface area contributed by atoms with Gasteiger partial charge in [0.2, 0.25) is 5.82 Å². The molecule has 1 aliphatic rings. The van der Waals surface area contributed by atoms with E-state index in [-0.39, 0.29) is 11.7 Å². The Balaban J connectivity index is 1.24. The highest BCUT2D eigenvalue weighted by Gasteiger charge is 2.21. The van der Waals surface area contributed by atoms with E-state index in [0.717, 1.165) is 61.9 Å². The number of hydrogen-bond donors (Lipinski definition) is 1. The first kappa shape index (κ1) is 22.0. The highest BCUT2D eigenvalue weighted by atomic mass is 16.2. The Morgan fingerprint density at radius 1 is 1.00 bits per heavy atom. The second kappa shape index (κ2) is 9.56. The van der Waals surface area contributed by atoms with Crippen molar-refractivity contribution in [3.63, 3.8) is 0 Å². The van der Waals surface area contributed by atoms with Gasteiger partial charge in [-0.15, -0.1) is 5.10 Å². The minimum Gasteiger partial charge on any atom is -0.367 e. The van der Waals surface area contributed by atoms with Gasteiger partial charge in [-0.3, -0.25) is 14.7 Å². The molecule has 1 aliphatic heterocycles. The van der Waals surface area contributed by atoms with Crippen LogP contribution in [0.1, 0.15) is 27.6 Å². The number of aromatic nitrogens is 5. The molecule has 0 saturated carbocycles. The number of benzene rings is 1. The van der Waals surface area contributed by atoms with E-state index in [2.05, 4.69) is 53.4 Å². The molecule has 0 atom stereocenters. The maximum Gasteiger partial charge on any atom is 0.295 e. The molecule has 9 heteroatoms. The summed E-state index contributed by atoms with van der Waals surface area (Å²) in [5.74, 6) is 0.196. The lowest BCUT2D eigenvalue weighted by molar-refractivity contribution is 0.101. The van der Waals surface area contributed by atoms with Gasteiger partial charge in [0.1, 0.15) is 0 Å². The van der Waals surface area contributed by atoms with Crippen LogP contribution >= 0.6 is 0 Å². The Morgan fingerprint density at radius 3 is 2.56 bits per heavy atom. The quantitative estimate of drug-likeness (QED) is 0.477. The SMILES string of the molecule is Cc1cc(C)n2nc(C(=O)Nc3ccccc3N3CCN(CCc4ccncc4)CC3)nc2n1. The molecule has 0 unspecified atom stereocenters. The summed E-state index contributed by atoms with van der Waals surface area (Å²) in [6.07, 6.45) is 4.72. The maximum absolute atomic E-state index is 13.0. The maximum atomic E-state index is 13.0. The molecule has 1 saturated heterocycles. The first-order chi connectivity index (χ1) is 16.6. The topological polar surface area (TPSA) is 91.6 Å². The second-order valence-electron chi connectivity index (χ2n) is 8.59. The Kier molecular flexibility index (Phi) is 6.18. The highest BCUT2D eigenvalue weighted by molar-refractivity contribution is 6.03. The summed E-state index contributed by atoms with van der Waals surface area (Å²) in [7, 11) is 0. The molecule has 0 radical (unpaired) electrons. The van der Waals surface area contributed by atoms with E-state index in [9.17, 15) is 4.79 Å². The van der Waals surface area contributed by atoms with E-state index >= 15 is 0 Å². The first-order valence-corrected chi connectivity index (χ1v) is 11.5. The number of para-hydroxylation sites is 2. The third-order valence-corrected chi connectivity index (χ3v) is 6.15. The summed E-state index contributed by atoms with van der Waals surface area (Å²) in [5, 5.41) is 7.36. The predicted octanol–water partition coefficient (Wildman–Crippen LogP) is 2.75. The lowest BCUT2D eigenvalue weighted by atomic mass is 10.1.